The molecule has 2 aromatic rings. The van der Waals surface area contributed by atoms with E-state index in [1.54, 1.807) is 29.3 Å². The number of rotatable bonds is 4. The molecule has 146 valence electrons. The fourth-order valence-electron chi connectivity index (χ4n) is 3.88. The number of carbonyl (C=O) groups is 2. The average molecular weight is 446 g/mol. The lowest BCUT2D eigenvalue weighted by atomic mass is 9.91. The number of hydrogen-bond donors (Lipinski definition) is 1. The first-order valence-corrected chi connectivity index (χ1v) is 10.3. The zero-order valence-corrected chi connectivity index (χ0v) is 16.9. The maximum atomic E-state index is 13.2. The highest BCUT2D eigenvalue weighted by Crippen LogP contribution is 2.50. The molecule has 7 heteroatoms. The van der Waals surface area contributed by atoms with Gasteiger partial charge in [-0.05, 0) is 71.4 Å². The summed E-state index contributed by atoms with van der Waals surface area (Å²) in [6.07, 6.45) is 4.71. The van der Waals surface area contributed by atoms with Crippen molar-refractivity contribution in [1.82, 2.24) is 9.88 Å². The van der Waals surface area contributed by atoms with Crippen molar-refractivity contribution in [3.63, 3.8) is 0 Å². The molecule has 28 heavy (non-hydrogen) atoms. The predicted octanol–water partition coefficient (Wildman–Crippen LogP) is 3.89. The van der Waals surface area contributed by atoms with E-state index in [1.807, 2.05) is 6.07 Å². The number of carbonyl (C=O) groups excluding carboxylic acids is 2. The fourth-order valence-corrected chi connectivity index (χ4v) is 4.11. The Kier molecular flexibility index (Phi) is 5.19. The molecule has 1 atom stereocenters. The van der Waals surface area contributed by atoms with Gasteiger partial charge >= 0.3 is 0 Å². The zero-order valence-electron chi connectivity index (χ0n) is 15.3. The molecule has 5 nitrogen and oxygen atoms in total. The van der Waals surface area contributed by atoms with E-state index < -0.39 is 5.41 Å². The van der Waals surface area contributed by atoms with Crippen LogP contribution in [-0.4, -0.2) is 34.8 Å². The lowest BCUT2D eigenvalue weighted by molar-refractivity contribution is -0.137. The van der Waals surface area contributed by atoms with Crippen molar-refractivity contribution in [2.75, 3.05) is 18.4 Å². The summed E-state index contributed by atoms with van der Waals surface area (Å²) in [6.45, 7) is 1.06. The predicted molar refractivity (Wildman–Crippen MR) is 107 cm³/mol. The van der Waals surface area contributed by atoms with E-state index >= 15 is 0 Å². The molecule has 1 aromatic carbocycles. The van der Waals surface area contributed by atoms with E-state index in [4.69, 9.17) is 0 Å². The number of pyridine rings is 1. The normalized spacial score (nSPS) is 20.5. The van der Waals surface area contributed by atoms with Crippen molar-refractivity contribution < 1.29 is 14.0 Å². The van der Waals surface area contributed by atoms with Crippen LogP contribution in [0.4, 0.5) is 10.2 Å². The fraction of sp³-hybridized carbons (Fsp3) is 0.381. The monoisotopic (exact) mass is 445 g/mol. The Balaban J connectivity index is 1.43. The number of likely N-dealkylation sites (tertiary alicyclic amines) is 1. The Hall–Kier alpha value is -2.28. The van der Waals surface area contributed by atoms with E-state index in [-0.39, 0.29) is 23.5 Å². The van der Waals surface area contributed by atoms with Crippen LogP contribution in [0.3, 0.4) is 0 Å². The topological polar surface area (TPSA) is 62.3 Å². The molecule has 0 bridgehead atoms. The Morgan fingerprint density at radius 3 is 2.57 bits per heavy atom. The van der Waals surface area contributed by atoms with Gasteiger partial charge in [-0.2, -0.15) is 0 Å². The van der Waals surface area contributed by atoms with E-state index in [1.165, 1.54) is 12.1 Å². The molecule has 1 aromatic heterocycles. The molecule has 1 saturated carbocycles. The highest BCUT2D eigenvalue weighted by molar-refractivity contribution is 9.10. The van der Waals surface area contributed by atoms with Crippen molar-refractivity contribution in [1.29, 1.82) is 0 Å². The minimum absolute atomic E-state index is 0.0541. The number of nitrogens with zero attached hydrogens (tertiary/aromatic N) is 2. The summed E-state index contributed by atoms with van der Waals surface area (Å²) in [6, 6.07) is 9.77. The molecule has 1 aliphatic carbocycles. The van der Waals surface area contributed by atoms with Gasteiger partial charge in [0.15, 0.2) is 0 Å². The molecular weight excluding hydrogens is 425 g/mol. The standard InChI is InChI=1S/C21H21BrFN3O2/c22-16-5-8-18(24-12-16)25-19(27)14-2-1-11-26(13-14)20(28)21(9-10-21)15-3-6-17(23)7-4-15/h3-8,12,14H,1-2,9-11,13H2,(H,24,25,27). The summed E-state index contributed by atoms with van der Waals surface area (Å²) in [4.78, 5) is 31.8. The second kappa shape index (κ2) is 7.62. The SMILES string of the molecule is O=C(Nc1ccc(Br)cn1)C1CCCN(C(=O)C2(c3ccc(F)cc3)CC2)C1. The van der Waals surface area contributed by atoms with Gasteiger partial charge in [-0.1, -0.05) is 12.1 Å². The quantitative estimate of drug-likeness (QED) is 0.776. The third-order valence-corrected chi connectivity index (χ3v) is 6.08. The van der Waals surface area contributed by atoms with Crippen LogP contribution >= 0.6 is 15.9 Å². The first kappa shape index (κ1) is 19.1. The molecule has 1 saturated heterocycles. The molecule has 2 heterocycles. The molecule has 1 N–H and O–H groups in total. The molecular formula is C21H21BrFN3O2. The van der Waals surface area contributed by atoms with Gasteiger partial charge < -0.3 is 10.2 Å². The summed E-state index contributed by atoms with van der Waals surface area (Å²) in [5.74, 6) is -0.116. The van der Waals surface area contributed by atoms with Crippen molar-refractivity contribution in [3.8, 4) is 0 Å². The van der Waals surface area contributed by atoms with Crippen LogP contribution in [-0.2, 0) is 15.0 Å². The van der Waals surface area contributed by atoms with Gasteiger partial charge in [0.2, 0.25) is 11.8 Å². The summed E-state index contributed by atoms with van der Waals surface area (Å²) < 4.78 is 14.1. The van der Waals surface area contributed by atoms with Crippen molar-refractivity contribution in [2.24, 2.45) is 5.92 Å². The third kappa shape index (κ3) is 3.81. The van der Waals surface area contributed by atoms with E-state index in [2.05, 4.69) is 26.2 Å². The number of aromatic nitrogens is 1. The Morgan fingerprint density at radius 2 is 1.93 bits per heavy atom. The summed E-state index contributed by atoms with van der Waals surface area (Å²) in [5, 5.41) is 2.84. The first-order chi connectivity index (χ1) is 13.5. The molecule has 1 aliphatic heterocycles. The van der Waals surface area contributed by atoms with Crippen molar-refractivity contribution in [2.45, 2.75) is 31.1 Å². The Morgan fingerprint density at radius 1 is 1.18 bits per heavy atom. The highest BCUT2D eigenvalue weighted by Gasteiger charge is 2.53. The summed E-state index contributed by atoms with van der Waals surface area (Å²) in [5.41, 5.74) is 0.323. The number of amides is 2. The van der Waals surface area contributed by atoms with Gasteiger partial charge in [0.25, 0.3) is 0 Å². The van der Waals surface area contributed by atoms with Gasteiger partial charge in [0.1, 0.15) is 11.6 Å². The van der Waals surface area contributed by atoms with Gasteiger partial charge in [-0.25, -0.2) is 9.37 Å². The smallest absolute Gasteiger partial charge is 0.233 e. The van der Waals surface area contributed by atoms with Gasteiger partial charge in [-0.15, -0.1) is 0 Å². The molecule has 2 fully saturated rings. The zero-order chi connectivity index (χ0) is 19.7. The van der Waals surface area contributed by atoms with E-state index in [0.717, 1.165) is 35.7 Å². The maximum absolute atomic E-state index is 13.2. The van der Waals surface area contributed by atoms with E-state index in [9.17, 15) is 14.0 Å². The molecule has 1 unspecified atom stereocenters. The molecule has 0 radical (unpaired) electrons. The Labute approximate surface area is 171 Å². The van der Waals surface area contributed by atoms with Crippen LogP contribution in [0.5, 0.6) is 0 Å². The number of piperidine rings is 1. The van der Waals surface area contributed by atoms with Crippen LogP contribution in [0.1, 0.15) is 31.2 Å². The minimum Gasteiger partial charge on any atom is -0.341 e. The number of anilines is 1. The van der Waals surface area contributed by atoms with Crippen LogP contribution in [0, 0.1) is 11.7 Å². The highest BCUT2D eigenvalue weighted by atomic mass is 79.9. The van der Waals surface area contributed by atoms with Gasteiger partial charge in [-0.3, -0.25) is 9.59 Å². The second-order valence-corrected chi connectivity index (χ2v) is 8.45. The van der Waals surface area contributed by atoms with Crippen molar-refractivity contribution >= 4 is 33.6 Å². The minimum atomic E-state index is -0.542. The van der Waals surface area contributed by atoms with Crippen LogP contribution in [0.25, 0.3) is 0 Å². The summed E-state index contributed by atoms with van der Waals surface area (Å²) >= 11 is 3.32. The molecule has 4 rings (SSSR count). The largest absolute Gasteiger partial charge is 0.341 e. The van der Waals surface area contributed by atoms with Gasteiger partial charge in [0, 0.05) is 23.8 Å². The number of hydrogen-bond acceptors (Lipinski definition) is 3. The molecule has 0 spiro atoms. The Bertz CT molecular complexity index is 882. The second-order valence-electron chi connectivity index (χ2n) is 7.53. The number of halogens is 2. The van der Waals surface area contributed by atoms with E-state index in [0.29, 0.717) is 18.9 Å². The lowest BCUT2D eigenvalue weighted by Gasteiger charge is -2.34. The first-order valence-electron chi connectivity index (χ1n) is 9.46. The van der Waals surface area contributed by atoms with Crippen LogP contribution in [0.15, 0.2) is 47.1 Å². The van der Waals surface area contributed by atoms with Crippen molar-refractivity contribution in [3.05, 3.63) is 58.4 Å². The van der Waals surface area contributed by atoms with Gasteiger partial charge in [0.05, 0.1) is 11.3 Å². The third-order valence-electron chi connectivity index (χ3n) is 5.61. The number of nitrogens with one attached hydrogen (secondary N) is 1. The van der Waals surface area contributed by atoms with Crippen LogP contribution in [0.2, 0.25) is 0 Å². The summed E-state index contributed by atoms with van der Waals surface area (Å²) in [7, 11) is 0. The van der Waals surface area contributed by atoms with Crippen LogP contribution < -0.4 is 5.32 Å². The number of benzene rings is 1. The maximum Gasteiger partial charge on any atom is 0.233 e. The molecule has 2 amide bonds. The molecule has 2 aliphatic rings. The lowest BCUT2D eigenvalue weighted by Crippen LogP contribution is -2.47. The average Bonchev–Trinajstić information content (AvgIpc) is 3.52.